The first-order chi connectivity index (χ1) is 11.5. The molecular weight excluding hydrogens is 324 g/mol. The lowest BCUT2D eigenvalue weighted by Gasteiger charge is -2.39. The largest absolute Gasteiger partial charge is 0.480 e. The molecule has 2 saturated heterocycles. The summed E-state index contributed by atoms with van der Waals surface area (Å²) in [5.41, 5.74) is 1.34. The molecule has 0 aromatic carbocycles. The first-order valence-corrected chi connectivity index (χ1v) is 9.59. The number of nitrogens with zero attached hydrogens (tertiary/aromatic N) is 4. The van der Waals surface area contributed by atoms with E-state index in [2.05, 4.69) is 21.8 Å². The van der Waals surface area contributed by atoms with Gasteiger partial charge in [0.15, 0.2) is 5.16 Å². The van der Waals surface area contributed by atoms with Crippen molar-refractivity contribution >= 4 is 17.7 Å². The van der Waals surface area contributed by atoms with Gasteiger partial charge in [0.2, 0.25) is 0 Å². The van der Waals surface area contributed by atoms with Crippen LogP contribution < -0.4 is 0 Å². The van der Waals surface area contributed by atoms with Crippen molar-refractivity contribution in [2.24, 2.45) is 5.41 Å². The second kappa shape index (κ2) is 7.37. The van der Waals surface area contributed by atoms with Crippen LogP contribution in [0.4, 0.5) is 0 Å². The molecule has 0 bridgehead atoms. The Morgan fingerprint density at radius 1 is 1.38 bits per heavy atom. The molecule has 0 saturated carbocycles. The Bertz CT molecular complexity index is 572. The van der Waals surface area contributed by atoms with Crippen LogP contribution in [-0.4, -0.2) is 69.3 Å². The molecule has 0 amide bonds. The fourth-order valence-corrected chi connectivity index (χ4v) is 4.49. The average Bonchev–Trinajstić information content (AvgIpc) is 2.89. The molecule has 6 nitrogen and oxygen atoms in total. The van der Waals surface area contributed by atoms with Crippen molar-refractivity contribution in [3.05, 3.63) is 18.0 Å². The Morgan fingerprint density at radius 2 is 2.04 bits per heavy atom. The highest BCUT2D eigenvalue weighted by Gasteiger charge is 2.46. The fourth-order valence-electron chi connectivity index (χ4n) is 3.98. The van der Waals surface area contributed by atoms with Crippen LogP contribution in [0.3, 0.4) is 0 Å². The molecule has 24 heavy (non-hydrogen) atoms. The number of thioether (sulfide) groups is 1. The second-order valence-electron chi connectivity index (χ2n) is 7.06. The highest BCUT2D eigenvalue weighted by Crippen LogP contribution is 2.42. The molecule has 2 aliphatic rings. The van der Waals surface area contributed by atoms with Crippen molar-refractivity contribution in [3.63, 3.8) is 0 Å². The standard InChI is InChI=1S/C17H26N4O2S/c1-3-24-16-18-9-13(10-19-16)11-21-6-4-17(5-7-21)8-14(15(22)23)20(2)12-17/h9-10,14H,3-8,11-12H2,1-2H3,(H,22,23)/t14-/m1/s1. The predicted molar refractivity (Wildman–Crippen MR) is 94.0 cm³/mol. The fraction of sp³-hybridized carbons (Fsp3) is 0.706. The molecule has 2 aliphatic heterocycles. The van der Waals surface area contributed by atoms with Crippen LogP contribution in [0, 0.1) is 5.41 Å². The van der Waals surface area contributed by atoms with Crippen LogP contribution >= 0.6 is 11.8 Å². The van der Waals surface area contributed by atoms with Gasteiger partial charge in [-0.25, -0.2) is 9.97 Å². The van der Waals surface area contributed by atoms with Crippen molar-refractivity contribution in [1.29, 1.82) is 0 Å². The maximum absolute atomic E-state index is 11.3. The highest BCUT2D eigenvalue weighted by atomic mass is 32.2. The molecule has 2 fully saturated rings. The van der Waals surface area contributed by atoms with Crippen LogP contribution in [0.1, 0.15) is 31.7 Å². The van der Waals surface area contributed by atoms with Crippen molar-refractivity contribution < 1.29 is 9.90 Å². The number of aliphatic carboxylic acids is 1. The first-order valence-electron chi connectivity index (χ1n) is 8.60. The Hall–Kier alpha value is -1.18. The SMILES string of the molecule is CCSc1ncc(CN2CCC3(CC2)C[C@H](C(=O)O)N(C)C3)cn1. The van der Waals surface area contributed by atoms with E-state index in [0.29, 0.717) is 0 Å². The number of carboxylic acids is 1. The van der Waals surface area contributed by atoms with Gasteiger partial charge >= 0.3 is 5.97 Å². The number of likely N-dealkylation sites (tertiary alicyclic amines) is 2. The zero-order chi connectivity index (χ0) is 17.2. The quantitative estimate of drug-likeness (QED) is 0.643. The molecule has 7 heteroatoms. The molecule has 1 aromatic rings. The summed E-state index contributed by atoms with van der Waals surface area (Å²) in [5, 5.41) is 10.2. The van der Waals surface area contributed by atoms with Crippen LogP contribution in [0.15, 0.2) is 17.6 Å². The average molecular weight is 350 g/mol. The third-order valence-corrected chi connectivity index (χ3v) is 6.06. The lowest BCUT2D eigenvalue weighted by molar-refractivity contribution is -0.141. The molecule has 3 heterocycles. The van der Waals surface area contributed by atoms with Crippen molar-refractivity contribution in [3.8, 4) is 0 Å². The molecular formula is C17H26N4O2S. The van der Waals surface area contributed by atoms with Crippen molar-refractivity contribution in [2.45, 2.75) is 43.9 Å². The van der Waals surface area contributed by atoms with E-state index in [1.165, 1.54) is 0 Å². The lowest BCUT2D eigenvalue weighted by Crippen LogP contribution is -2.40. The number of hydrogen-bond acceptors (Lipinski definition) is 6. The van der Waals surface area contributed by atoms with Gasteiger partial charge in [0.25, 0.3) is 0 Å². The summed E-state index contributed by atoms with van der Waals surface area (Å²) in [6.45, 7) is 5.92. The van der Waals surface area contributed by atoms with E-state index in [1.807, 2.05) is 24.3 Å². The molecule has 1 spiro atoms. The van der Waals surface area contributed by atoms with E-state index >= 15 is 0 Å². The minimum absolute atomic E-state index is 0.187. The molecule has 1 atom stereocenters. The van der Waals surface area contributed by atoms with Gasteiger partial charge in [-0.05, 0) is 50.6 Å². The van der Waals surface area contributed by atoms with E-state index in [4.69, 9.17) is 0 Å². The third kappa shape index (κ3) is 3.90. The number of aromatic nitrogens is 2. The van der Waals surface area contributed by atoms with Gasteiger partial charge in [0.05, 0.1) is 0 Å². The molecule has 1 aromatic heterocycles. The smallest absolute Gasteiger partial charge is 0.320 e. The van der Waals surface area contributed by atoms with Crippen molar-refractivity contribution in [1.82, 2.24) is 19.8 Å². The number of carbonyl (C=O) groups is 1. The summed E-state index contributed by atoms with van der Waals surface area (Å²) in [6, 6.07) is -0.312. The molecule has 0 aliphatic carbocycles. The Labute approximate surface area is 147 Å². The zero-order valence-corrected chi connectivity index (χ0v) is 15.3. The number of piperidine rings is 1. The first kappa shape index (κ1) is 17.6. The summed E-state index contributed by atoms with van der Waals surface area (Å²) in [5.74, 6) is 0.304. The van der Waals surface area contributed by atoms with Crippen LogP contribution in [0.25, 0.3) is 0 Å². The van der Waals surface area contributed by atoms with Gasteiger partial charge in [-0.2, -0.15) is 0 Å². The van der Waals surface area contributed by atoms with Gasteiger partial charge in [-0.1, -0.05) is 18.7 Å². The molecule has 1 N–H and O–H groups in total. The molecule has 0 radical (unpaired) electrons. The zero-order valence-electron chi connectivity index (χ0n) is 14.4. The van der Waals surface area contributed by atoms with Gasteiger partial charge < -0.3 is 5.11 Å². The summed E-state index contributed by atoms with van der Waals surface area (Å²) < 4.78 is 0. The number of rotatable bonds is 5. The summed E-state index contributed by atoms with van der Waals surface area (Å²) >= 11 is 1.66. The van der Waals surface area contributed by atoms with Gasteiger partial charge in [-0.15, -0.1) is 0 Å². The topological polar surface area (TPSA) is 69.6 Å². The van der Waals surface area contributed by atoms with E-state index in [0.717, 1.165) is 61.9 Å². The third-order valence-electron chi connectivity index (χ3n) is 5.31. The maximum Gasteiger partial charge on any atom is 0.320 e. The van der Waals surface area contributed by atoms with E-state index < -0.39 is 5.97 Å². The number of hydrogen-bond donors (Lipinski definition) is 1. The second-order valence-corrected chi connectivity index (χ2v) is 8.29. The van der Waals surface area contributed by atoms with Crippen LogP contribution in [0.5, 0.6) is 0 Å². The minimum Gasteiger partial charge on any atom is -0.480 e. The highest BCUT2D eigenvalue weighted by molar-refractivity contribution is 7.99. The molecule has 0 unspecified atom stereocenters. The van der Waals surface area contributed by atoms with E-state index in [-0.39, 0.29) is 11.5 Å². The monoisotopic (exact) mass is 350 g/mol. The van der Waals surface area contributed by atoms with Gasteiger partial charge in [0, 0.05) is 31.0 Å². The normalized spacial score (nSPS) is 24.5. The summed E-state index contributed by atoms with van der Waals surface area (Å²) in [4.78, 5) is 24.6. The van der Waals surface area contributed by atoms with E-state index in [9.17, 15) is 9.90 Å². The van der Waals surface area contributed by atoms with Gasteiger partial charge in [-0.3, -0.25) is 14.6 Å². The van der Waals surface area contributed by atoms with Gasteiger partial charge in [0.1, 0.15) is 6.04 Å². The lowest BCUT2D eigenvalue weighted by atomic mass is 9.76. The maximum atomic E-state index is 11.3. The summed E-state index contributed by atoms with van der Waals surface area (Å²) in [6.07, 6.45) is 6.80. The Morgan fingerprint density at radius 3 is 2.58 bits per heavy atom. The van der Waals surface area contributed by atoms with Crippen LogP contribution in [0.2, 0.25) is 0 Å². The molecule has 3 rings (SSSR count). The van der Waals surface area contributed by atoms with Crippen LogP contribution in [-0.2, 0) is 11.3 Å². The minimum atomic E-state index is -0.681. The molecule has 132 valence electrons. The number of likely N-dealkylation sites (N-methyl/N-ethyl adjacent to an activating group) is 1. The van der Waals surface area contributed by atoms with Crippen molar-refractivity contribution in [2.75, 3.05) is 32.4 Å². The Balaban J connectivity index is 1.53. The summed E-state index contributed by atoms with van der Waals surface area (Å²) in [7, 11) is 1.94. The number of carboxylic acid groups (broad SMARTS) is 1. The predicted octanol–water partition coefficient (Wildman–Crippen LogP) is 1.96. The van der Waals surface area contributed by atoms with E-state index in [1.54, 1.807) is 11.8 Å². The Kier molecular flexibility index (Phi) is 5.42.